The third-order valence-corrected chi connectivity index (χ3v) is 5.40. The molecule has 0 bridgehead atoms. The van der Waals surface area contributed by atoms with E-state index in [9.17, 15) is 5.26 Å². The van der Waals surface area contributed by atoms with Crippen molar-refractivity contribution in [2.24, 2.45) is 23.2 Å². The van der Waals surface area contributed by atoms with Gasteiger partial charge in [0.1, 0.15) is 0 Å². The van der Waals surface area contributed by atoms with E-state index in [0.717, 1.165) is 32.0 Å². The average molecular weight is 278 g/mol. The second-order valence-electron chi connectivity index (χ2n) is 7.78. The van der Waals surface area contributed by atoms with Gasteiger partial charge in [-0.1, -0.05) is 20.8 Å². The van der Waals surface area contributed by atoms with Crippen LogP contribution in [0.4, 0.5) is 0 Å². The number of ether oxygens (including phenoxy) is 1. The van der Waals surface area contributed by atoms with E-state index < -0.39 is 0 Å². The molecule has 0 amide bonds. The van der Waals surface area contributed by atoms with Crippen LogP contribution in [0.1, 0.15) is 46.5 Å². The second-order valence-corrected chi connectivity index (χ2v) is 7.78. The molecule has 1 heterocycles. The second kappa shape index (κ2) is 6.45. The molecule has 0 aromatic heterocycles. The minimum absolute atomic E-state index is 0.231. The summed E-state index contributed by atoms with van der Waals surface area (Å²) >= 11 is 0. The van der Waals surface area contributed by atoms with Crippen molar-refractivity contribution in [3.8, 4) is 6.07 Å². The first-order chi connectivity index (χ1) is 9.45. The maximum atomic E-state index is 9.48. The normalized spacial score (nSPS) is 36.0. The van der Waals surface area contributed by atoms with Crippen LogP contribution in [0, 0.1) is 34.5 Å². The molecule has 0 spiro atoms. The maximum Gasteiger partial charge on any atom is 0.0672 e. The first-order valence-corrected chi connectivity index (χ1v) is 8.08. The molecule has 2 rings (SSSR count). The van der Waals surface area contributed by atoms with Crippen LogP contribution in [-0.2, 0) is 4.74 Å². The van der Waals surface area contributed by atoms with Gasteiger partial charge in [-0.15, -0.1) is 0 Å². The Morgan fingerprint density at radius 1 is 1.25 bits per heavy atom. The number of hydrogen-bond acceptors (Lipinski definition) is 3. The number of hydrogen-bond donors (Lipinski definition) is 0. The standard InChI is InChI=1S/C17H30N2O/c1-17(2,3)15-6-5-14(10-18)16(9-15)19-8-7-13(11-19)12-20-4/h13-16H,5-9,11-12H2,1-4H3. The Hall–Kier alpha value is -0.590. The monoisotopic (exact) mass is 278 g/mol. The van der Waals surface area contributed by atoms with Crippen LogP contribution in [0.3, 0.4) is 0 Å². The van der Waals surface area contributed by atoms with E-state index in [2.05, 4.69) is 31.7 Å². The molecule has 0 radical (unpaired) electrons. The number of nitrogens with zero attached hydrogens (tertiary/aromatic N) is 2. The van der Waals surface area contributed by atoms with E-state index in [0.29, 0.717) is 17.4 Å². The fourth-order valence-corrected chi connectivity index (χ4v) is 4.02. The van der Waals surface area contributed by atoms with Gasteiger partial charge < -0.3 is 4.74 Å². The van der Waals surface area contributed by atoms with E-state index in [1.165, 1.54) is 19.3 Å². The van der Waals surface area contributed by atoms with E-state index in [4.69, 9.17) is 4.74 Å². The largest absolute Gasteiger partial charge is 0.384 e. The Bertz CT molecular complexity index is 355. The van der Waals surface area contributed by atoms with E-state index in [1.54, 1.807) is 7.11 Å². The molecule has 1 aliphatic carbocycles. The highest BCUT2D eigenvalue weighted by molar-refractivity contribution is 5.00. The SMILES string of the molecule is COCC1CCN(C2CC(C(C)(C)C)CCC2C#N)C1. The van der Waals surface area contributed by atoms with Gasteiger partial charge in [0.05, 0.1) is 18.6 Å². The molecule has 2 fully saturated rings. The first kappa shape index (κ1) is 15.8. The summed E-state index contributed by atoms with van der Waals surface area (Å²) in [7, 11) is 1.79. The van der Waals surface area contributed by atoms with Crippen LogP contribution in [0.25, 0.3) is 0 Å². The topological polar surface area (TPSA) is 36.3 Å². The third-order valence-electron chi connectivity index (χ3n) is 5.40. The maximum absolute atomic E-state index is 9.48. The lowest BCUT2D eigenvalue weighted by Crippen LogP contribution is -2.45. The van der Waals surface area contributed by atoms with Crippen LogP contribution in [0.2, 0.25) is 0 Å². The van der Waals surface area contributed by atoms with Gasteiger partial charge in [0.15, 0.2) is 0 Å². The van der Waals surface area contributed by atoms with Crippen molar-refractivity contribution in [3.05, 3.63) is 0 Å². The zero-order chi connectivity index (χ0) is 14.8. The highest BCUT2D eigenvalue weighted by Gasteiger charge is 2.40. The smallest absolute Gasteiger partial charge is 0.0672 e. The van der Waals surface area contributed by atoms with Gasteiger partial charge in [-0.25, -0.2) is 0 Å². The quantitative estimate of drug-likeness (QED) is 0.794. The minimum Gasteiger partial charge on any atom is -0.384 e. The summed E-state index contributed by atoms with van der Waals surface area (Å²) in [6, 6.07) is 3.05. The lowest BCUT2D eigenvalue weighted by atomic mass is 9.68. The van der Waals surface area contributed by atoms with Gasteiger partial charge in [0.2, 0.25) is 0 Å². The van der Waals surface area contributed by atoms with Crippen molar-refractivity contribution in [2.45, 2.75) is 52.5 Å². The molecule has 3 heteroatoms. The van der Waals surface area contributed by atoms with Crippen molar-refractivity contribution >= 4 is 0 Å². The van der Waals surface area contributed by atoms with Crippen LogP contribution < -0.4 is 0 Å². The number of likely N-dealkylation sites (tertiary alicyclic amines) is 1. The molecule has 0 aromatic rings. The molecule has 4 atom stereocenters. The number of rotatable bonds is 3. The minimum atomic E-state index is 0.231. The van der Waals surface area contributed by atoms with Crippen LogP contribution >= 0.6 is 0 Å². The van der Waals surface area contributed by atoms with Crippen molar-refractivity contribution in [2.75, 3.05) is 26.8 Å². The molecule has 114 valence electrons. The van der Waals surface area contributed by atoms with Crippen molar-refractivity contribution in [1.29, 1.82) is 5.26 Å². The summed E-state index contributed by atoms with van der Waals surface area (Å²) in [6.45, 7) is 10.2. The Morgan fingerprint density at radius 3 is 2.60 bits per heavy atom. The summed E-state index contributed by atoms with van der Waals surface area (Å²) in [5.74, 6) is 1.64. The number of nitriles is 1. The molecule has 0 aromatic carbocycles. The molecule has 4 unspecified atom stereocenters. The van der Waals surface area contributed by atoms with Crippen molar-refractivity contribution in [3.63, 3.8) is 0 Å². The Kier molecular flexibility index (Phi) is 5.09. The predicted molar refractivity (Wildman–Crippen MR) is 81.2 cm³/mol. The first-order valence-electron chi connectivity index (χ1n) is 8.08. The third kappa shape index (κ3) is 3.54. The van der Waals surface area contributed by atoms with Gasteiger partial charge in [0, 0.05) is 19.7 Å². The molecule has 3 nitrogen and oxygen atoms in total. The van der Waals surface area contributed by atoms with Gasteiger partial charge in [-0.05, 0) is 49.5 Å². The van der Waals surface area contributed by atoms with E-state index in [-0.39, 0.29) is 5.92 Å². The van der Waals surface area contributed by atoms with Crippen molar-refractivity contribution in [1.82, 2.24) is 4.90 Å². The van der Waals surface area contributed by atoms with E-state index >= 15 is 0 Å². The highest BCUT2D eigenvalue weighted by Crippen LogP contribution is 2.42. The van der Waals surface area contributed by atoms with E-state index in [1.807, 2.05) is 0 Å². The lowest BCUT2D eigenvalue weighted by molar-refractivity contribution is 0.0679. The van der Waals surface area contributed by atoms with Gasteiger partial charge in [-0.2, -0.15) is 5.26 Å². The molecule has 20 heavy (non-hydrogen) atoms. The molecule has 0 N–H and O–H groups in total. The Balaban J connectivity index is 2.01. The van der Waals surface area contributed by atoms with Crippen LogP contribution in [-0.4, -0.2) is 37.7 Å². The fourth-order valence-electron chi connectivity index (χ4n) is 4.02. The Labute approximate surface area is 124 Å². The summed E-state index contributed by atoms with van der Waals surface area (Å²) in [5.41, 5.74) is 0.365. The summed E-state index contributed by atoms with van der Waals surface area (Å²) < 4.78 is 5.30. The summed E-state index contributed by atoms with van der Waals surface area (Å²) in [6.07, 6.45) is 4.71. The zero-order valence-electron chi connectivity index (χ0n) is 13.6. The molecule has 1 saturated carbocycles. The van der Waals surface area contributed by atoms with Gasteiger partial charge >= 0.3 is 0 Å². The van der Waals surface area contributed by atoms with Gasteiger partial charge in [-0.3, -0.25) is 4.90 Å². The number of methoxy groups -OCH3 is 1. The zero-order valence-corrected chi connectivity index (χ0v) is 13.6. The van der Waals surface area contributed by atoms with Crippen LogP contribution in [0.15, 0.2) is 0 Å². The summed E-state index contributed by atoms with van der Waals surface area (Å²) in [5, 5.41) is 9.48. The Morgan fingerprint density at radius 2 is 2.00 bits per heavy atom. The summed E-state index contributed by atoms with van der Waals surface area (Å²) in [4.78, 5) is 2.58. The molecule has 2 aliphatic rings. The highest BCUT2D eigenvalue weighted by atomic mass is 16.5. The van der Waals surface area contributed by atoms with Crippen LogP contribution in [0.5, 0.6) is 0 Å². The predicted octanol–water partition coefficient (Wildman–Crippen LogP) is 3.31. The lowest BCUT2D eigenvalue weighted by Gasteiger charge is -2.43. The molecular weight excluding hydrogens is 248 g/mol. The van der Waals surface area contributed by atoms with Crippen molar-refractivity contribution < 1.29 is 4.74 Å². The molecular formula is C17H30N2O. The van der Waals surface area contributed by atoms with Gasteiger partial charge in [0.25, 0.3) is 0 Å². The fraction of sp³-hybridized carbons (Fsp3) is 0.941. The average Bonchev–Trinajstić information content (AvgIpc) is 2.86. The molecule has 1 saturated heterocycles. The molecule has 1 aliphatic heterocycles.